The monoisotopic (exact) mass is 435 g/mol. The molecule has 2 bridgehead atoms. The van der Waals surface area contributed by atoms with Crippen LogP contribution in [0.4, 0.5) is 16.9 Å². The van der Waals surface area contributed by atoms with Crippen molar-refractivity contribution < 1.29 is 5.11 Å². The normalized spacial score (nSPS) is 23.0. The van der Waals surface area contributed by atoms with E-state index in [1.165, 1.54) is 24.2 Å². The molecule has 3 atom stereocenters. The largest absolute Gasteiger partial charge is 0.391 e. The minimum absolute atomic E-state index is 0.0218. The summed E-state index contributed by atoms with van der Waals surface area (Å²) in [5.41, 5.74) is 0.871. The number of nitrogens with zero attached hydrogens (tertiary/aromatic N) is 5. The van der Waals surface area contributed by atoms with Gasteiger partial charge in [-0.1, -0.05) is 23.5 Å². The summed E-state index contributed by atoms with van der Waals surface area (Å²) in [6.45, 7) is 0.856. The smallest absolute Gasteiger partial charge is 0.225 e. The van der Waals surface area contributed by atoms with Crippen molar-refractivity contribution in [3.8, 4) is 6.07 Å². The maximum absolute atomic E-state index is 9.32. The second-order valence-electron chi connectivity index (χ2n) is 8.17. The highest BCUT2D eigenvalue weighted by molar-refractivity contribution is 7.15. The van der Waals surface area contributed by atoms with Crippen molar-refractivity contribution in [1.29, 1.82) is 5.26 Å². The number of thiazole rings is 1. The van der Waals surface area contributed by atoms with Crippen LogP contribution in [-0.4, -0.2) is 49.6 Å². The molecule has 0 aliphatic carbocycles. The summed E-state index contributed by atoms with van der Waals surface area (Å²) >= 11 is 1.41. The zero-order valence-corrected chi connectivity index (χ0v) is 18.0. The van der Waals surface area contributed by atoms with Crippen LogP contribution in [0.1, 0.15) is 37.0 Å². The number of piperidine rings is 1. The number of anilines is 3. The van der Waals surface area contributed by atoms with Gasteiger partial charge >= 0.3 is 0 Å². The van der Waals surface area contributed by atoms with Crippen molar-refractivity contribution in [2.45, 2.75) is 56.8 Å². The maximum atomic E-state index is 9.32. The molecule has 1 aromatic carbocycles. The van der Waals surface area contributed by atoms with Crippen LogP contribution in [0.15, 0.2) is 30.5 Å². The van der Waals surface area contributed by atoms with Crippen molar-refractivity contribution in [3.63, 3.8) is 0 Å². The number of fused-ring (bicyclic) bond motifs is 3. The molecule has 5 rings (SSSR count). The average molecular weight is 436 g/mol. The Hall–Kier alpha value is -2.80. The summed E-state index contributed by atoms with van der Waals surface area (Å²) < 4.78 is 0. The first kappa shape index (κ1) is 20.1. The molecule has 31 heavy (non-hydrogen) atoms. The number of aliphatic hydroxyl groups excluding tert-OH is 1. The number of hydrogen-bond acceptors (Lipinski definition) is 9. The predicted octanol–water partition coefficient (Wildman–Crippen LogP) is 3.64. The Morgan fingerprint density at radius 1 is 1.19 bits per heavy atom. The molecule has 0 saturated carbocycles. The van der Waals surface area contributed by atoms with E-state index < -0.39 is 0 Å². The van der Waals surface area contributed by atoms with Crippen LogP contribution < -0.4 is 10.6 Å². The molecule has 2 fully saturated rings. The molecule has 2 aromatic heterocycles. The van der Waals surface area contributed by atoms with Crippen molar-refractivity contribution in [3.05, 3.63) is 35.3 Å². The van der Waals surface area contributed by atoms with Crippen molar-refractivity contribution in [2.75, 3.05) is 17.2 Å². The lowest BCUT2D eigenvalue weighted by Crippen LogP contribution is -2.47. The summed E-state index contributed by atoms with van der Waals surface area (Å²) in [5.74, 6) is 1.33. The lowest BCUT2D eigenvalue weighted by Gasteiger charge is -2.38. The minimum Gasteiger partial charge on any atom is -0.391 e. The van der Waals surface area contributed by atoms with Crippen molar-refractivity contribution in [2.24, 2.45) is 0 Å². The van der Waals surface area contributed by atoms with Gasteiger partial charge in [0.2, 0.25) is 5.95 Å². The summed E-state index contributed by atoms with van der Waals surface area (Å²) in [4.78, 5) is 17.2. The fourth-order valence-electron chi connectivity index (χ4n) is 4.89. The lowest BCUT2D eigenvalue weighted by molar-refractivity contribution is 0.135. The minimum atomic E-state index is -0.0218. The second-order valence-corrected chi connectivity index (χ2v) is 9.29. The molecule has 0 spiro atoms. The zero-order valence-electron chi connectivity index (χ0n) is 17.2. The van der Waals surface area contributed by atoms with E-state index in [9.17, 15) is 5.11 Å². The highest BCUT2D eigenvalue weighted by atomic mass is 32.1. The van der Waals surface area contributed by atoms with Gasteiger partial charge in [-0.25, -0.2) is 9.97 Å². The van der Waals surface area contributed by atoms with E-state index in [1.807, 2.05) is 24.3 Å². The van der Waals surface area contributed by atoms with E-state index in [4.69, 9.17) is 15.2 Å². The second kappa shape index (κ2) is 8.75. The Kier molecular flexibility index (Phi) is 5.68. The highest BCUT2D eigenvalue weighted by Gasteiger charge is 2.40. The number of aliphatic hydroxyl groups is 1. The molecule has 0 radical (unpaired) electrons. The summed E-state index contributed by atoms with van der Waals surface area (Å²) in [6, 6.07) is 11.6. The zero-order chi connectivity index (χ0) is 21.2. The SMILES string of the molecule is N#CCCN1[C@@H]2CC[C@H]1C[C@H](Nc1nc(Nc3ncc(CO)s3)c3ccccc3n1)C2. The number of hydrogen-bond donors (Lipinski definition) is 3. The molecule has 160 valence electrons. The molecule has 0 unspecified atom stereocenters. The molecule has 2 saturated heterocycles. The number of benzene rings is 1. The third-order valence-corrected chi connectivity index (χ3v) is 7.13. The lowest BCUT2D eigenvalue weighted by atomic mass is 9.97. The number of para-hydroxylation sites is 1. The Labute approximate surface area is 185 Å². The van der Waals surface area contributed by atoms with Crippen LogP contribution in [0.25, 0.3) is 10.9 Å². The number of aromatic nitrogens is 3. The van der Waals surface area contributed by atoms with E-state index in [0.29, 0.717) is 41.4 Å². The highest BCUT2D eigenvalue weighted by Crippen LogP contribution is 2.37. The van der Waals surface area contributed by atoms with Gasteiger partial charge in [0.15, 0.2) is 5.13 Å². The van der Waals surface area contributed by atoms with Gasteiger partial charge in [0.05, 0.1) is 23.1 Å². The summed E-state index contributed by atoms with van der Waals surface area (Å²) in [5, 5.41) is 26.8. The number of nitriles is 1. The van der Waals surface area contributed by atoms with Crippen LogP contribution in [0.5, 0.6) is 0 Å². The molecule has 2 aliphatic heterocycles. The Morgan fingerprint density at radius 3 is 2.74 bits per heavy atom. The summed E-state index contributed by atoms with van der Waals surface area (Å²) in [6.07, 6.45) is 6.78. The molecule has 4 heterocycles. The van der Waals surface area contributed by atoms with E-state index in [1.54, 1.807) is 6.20 Å². The Bertz CT molecular complexity index is 1100. The van der Waals surface area contributed by atoms with Crippen LogP contribution >= 0.6 is 11.3 Å². The number of nitrogens with one attached hydrogen (secondary N) is 2. The van der Waals surface area contributed by atoms with Gasteiger partial charge in [-0.3, -0.25) is 4.90 Å². The van der Waals surface area contributed by atoms with Gasteiger partial charge in [0.25, 0.3) is 0 Å². The molecule has 0 amide bonds. The molecule has 8 nitrogen and oxygen atoms in total. The Balaban J connectivity index is 1.36. The van der Waals surface area contributed by atoms with E-state index in [-0.39, 0.29) is 6.61 Å². The summed E-state index contributed by atoms with van der Waals surface area (Å²) in [7, 11) is 0. The molecule has 3 aromatic rings. The predicted molar refractivity (Wildman–Crippen MR) is 121 cm³/mol. The fourth-order valence-corrected chi connectivity index (χ4v) is 5.57. The first-order valence-corrected chi connectivity index (χ1v) is 11.5. The van der Waals surface area contributed by atoms with Crippen LogP contribution in [0.3, 0.4) is 0 Å². The molecular formula is C22H25N7OS. The molecule has 3 N–H and O–H groups in total. The van der Waals surface area contributed by atoms with Crippen LogP contribution in [0, 0.1) is 11.3 Å². The molecular weight excluding hydrogens is 410 g/mol. The first-order valence-electron chi connectivity index (χ1n) is 10.7. The topological polar surface area (TPSA) is 110 Å². The number of rotatable bonds is 7. The van der Waals surface area contributed by atoms with E-state index in [0.717, 1.165) is 35.2 Å². The van der Waals surface area contributed by atoms with Crippen LogP contribution in [0.2, 0.25) is 0 Å². The standard InChI is InChI=1S/C22H25N7OS/c23-8-3-9-29-15-6-7-16(29)11-14(10-15)25-21-26-19-5-2-1-4-18(19)20(27-21)28-22-24-12-17(13-30)31-22/h1-2,4-5,12,14-16,30H,3,6-7,9-11,13H2,(H2,24,25,26,27,28)/t14-,15-,16+. The van der Waals surface area contributed by atoms with E-state index in [2.05, 4.69) is 26.6 Å². The quantitative estimate of drug-likeness (QED) is 0.516. The molecule has 2 aliphatic rings. The maximum Gasteiger partial charge on any atom is 0.225 e. The average Bonchev–Trinajstić information content (AvgIpc) is 3.33. The third kappa shape index (κ3) is 4.19. The van der Waals surface area contributed by atoms with Gasteiger partial charge in [-0.15, -0.1) is 0 Å². The first-order chi connectivity index (χ1) is 15.2. The van der Waals surface area contributed by atoms with Gasteiger partial charge in [0.1, 0.15) is 5.82 Å². The van der Waals surface area contributed by atoms with E-state index >= 15 is 0 Å². The van der Waals surface area contributed by atoms with Gasteiger partial charge in [-0.05, 0) is 37.8 Å². The van der Waals surface area contributed by atoms with Crippen LogP contribution in [-0.2, 0) is 6.61 Å². The van der Waals surface area contributed by atoms with Gasteiger partial charge in [-0.2, -0.15) is 10.2 Å². The Morgan fingerprint density at radius 2 is 2.00 bits per heavy atom. The molecule has 9 heteroatoms. The van der Waals surface area contributed by atoms with Gasteiger partial charge in [0, 0.05) is 42.7 Å². The third-order valence-electron chi connectivity index (χ3n) is 6.24. The van der Waals surface area contributed by atoms with Crippen molar-refractivity contribution in [1.82, 2.24) is 19.9 Å². The van der Waals surface area contributed by atoms with Gasteiger partial charge < -0.3 is 15.7 Å². The fraction of sp³-hybridized carbons (Fsp3) is 0.455. The van der Waals surface area contributed by atoms with Crippen molar-refractivity contribution >= 4 is 39.1 Å².